The van der Waals surface area contributed by atoms with Gasteiger partial charge in [-0.05, 0) is 80.3 Å². The van der Waals surface area contributed by atoms with Crippen molar-refractivity contribution in [1.29, 1.82) is 0 Å². The van der Waals surface area contributed by atoms with Crippen molar-refractivity contribution in [1.82, 2.24) is 10.2 Å². The number of aryl methyl sites for hydroxylation is 2. The summed E-state index contributed by atoms with van der Waals surface area (Å²) in [6, 6.07) is 27.3. The summed E-state index contributed by atoms with van der Waals surface area (Å²) >= 11 is 9.97. The monoisotopic (exact) mass is 723 g/mol. The molecule has 0 aliphatic heterocycles. The Balaban J connectivity index is 1.83. The average molecular weight is 725 g/mol. The summed E-state index contributed by atoms with van der Waals surface area (Å²) in [5.74, 6) is -0.847. The van der Waals surface area contributed by atoms with E-state index in [0.29, 0.717) is 11.4 Å². The standard InChI is InChI=1S/C36H39BrClN3O4S/c1-5-27(4)39-36(43)34(21-28-10-7-6-8-11-28)40(23-29-12-9-13-30(37)20-29)35(42)24-41(31-17-16-26(3)33(38)22-31)46(44,45)32-18-14-25(2)15-19-32/h6-20,22,27,34H,5,21,23-24H2,1-4H3,(H,39,43). The van der Waals surface area contributed by atoms with Crippen molar-refractivity contribution >= 4 is 55.1 Å². The zero-order valence-electron chi connectivity index (χ0n) is 26.4. The second kappa shape index (κ2) is 15.8. The average Bonchev–Trinajstić information content (AvgIpc) is 3.03. The number of nitrogens with one attached hydrogen (secondary N) is 1. The maximum absolute atomic E-state index is 14.6. The highest BCUT2D eigenvalue weighted by atomic mass is 79.9. The molecular weight excluding hydrogens is 686 g/mol. The Kier molecular flexibility index (Phi) is 12.1. The first kappa shape index (κ1) is 35.2. The molecule has 7 nitrogen and oxygen atoms in total. The van der Waals surface area contributed by atoms with Gasteiger partial charge in [0.05, 0.1) is 10.6 Å². The summed E-state index contributed by atoms with van der Waals surface area (Å²) in [4.78, 5) is 30.1. The number of halogens is 2. The zero-order chi connectivity index (χ0) is 33.4. The van der Waals surface area contributed by atoms with Crippen molar-refractivity contribution in [2.45, 2.75) is 64.1 Å². The normalized spacial score (nSPS) is 12.7. The fraction of sp³-hybridized carbons (Fsp3) is 0.278. The molecule has 0 aliphatic rings. The highest BCUT2D eigenvalue weighted by molar-refractivity contribution is 9.10. The molecule has 0 heterocycles. The number of hydrogen-bond acceptors (Lipinski definition) is 4. The minimum absolute atomic E-state index is 0.0384. The Morgan fingerprint density at radius 2 is 1.57 bits per heavy atom. The number of benzene rings is 4. The third-order valence-corrected chi connectivity index (χ3v) is 10.5. The van der Waals surface area contributed by atoms with Crippen LogP contribution in [0.15, 0.2) is 106 Å². The van der Waals surface area contributed by atoms with Crippen LogP contribution in [-0.4, -0.2) is 43.8 Å². The van der Waals surface area contributed by atoms with Gasteiger partial charge in [-0.25, -0.2) is 8.42 Å². The number of anilines is 1. The van der Waals surface area contributed by atoms with Crippen LogP contribution in [-0.2, 0) is 32.6 Å². The van der Waals surface area contributed by atoms with Crippen molar-refractivity contribution in [2.24, 2.45) is 0 Å². The molecule has 4 rings (SSSR count). The summed E-state index contributed by atoms with van der Waals surface area (Å²) < 4.78 is 30.3. The van der Waals surface area contributed by atoms with Crippen LogP contribution in [0.1, 0.15) is 42.5 Å². The highest BCUT2D eigenvalue weighted by Gasteiger charge is 2.35. The summed E-state index contributed by atoms with van der Waals surface area (Å²) in [5, 5.41) is 3.42. The predicted octanol–water partition coefficient (Wildman–Crippen LogP) is 7.47. The molecule has 2 amide bonds. The Morgan fingerprint density at radius 3 is 2.20 bits per heavy atom. The van der Waals surface area contributed by atoms with Crippen LogP contribution < -0.4 is 9.62 Å². The van der Waals surface area contributed by atoms with Gasteiger partial charge in [-0.2, -0.15) is 0 Å². The van der Waals surface area contributed by atoms with E-state index in [-0.39, 0.29) is 35.5 Å². The number of rotatable bonds is 13. The van der Waals surface area contributed by atoms with Gasteiger partial charge in [0.1, 0.15) is 12.6 Å². The molecule has 1 N–H and O–H groups in total. The van der Waals surface area contributed by atoms with Gasteiger partial charge < -0.3 is 10.2 Å². The minimum Gasteiger partial charge on any atom is -0.352 e. The van der Waals surface area contributed by atoms with Crippen molar-refractivity contribution in [3.8, 4) is 0 Å². The number of carbonyl (C=O) groups is 2. The lowest BCUT2D eigenvalue weighted by Gasteiger charge is -2.34. The number of sulfonamides is 1. The Morgan fingerprint density at radius 1 is 0.891 bits per heavy atom. The van der Waals surface area contributed by atoms with Gasteiger partial charge >= 0.3 is 0 Å². The quantitative estimate of drug-likeness (QED) is 0.155. The summed E-state index contributed by atoms with van der Waals surface area (Å²) in [7, 11) is -4.22. The topological polar surface area (TPSA) is 86.8 Å². The van der Waals surface area contributed by atoms with Crippen LogP contribution in [0.5, 0.6) is 0 Å². The number of nitrogens with zero attached hydrogens (tertiary/aromatic N) is 2. The van der Waals surface area contributed by atoms with Gasteiger partial charge in [0, 0.05) is 28.5 Å². The van der Waals surface area contributed by atoms with Crippen molar-refractivity contribution in [3.05, 3.63) is 129 Å². The molecule has 2 unspecified atom stereocenters. The first-order valence-corrected chi connectivity index (χ1v) is 17.7. The first-order valence-electron chi connectivity index (χ1n) is 15.1. The van der Waals surface area contributed by atoms with E-state index in [1.165, 1.54) is 17.0 Å². The van der Waals surface area contributed by atoms with E-state index in [1.807, 2.05) is 82.3 Å². The molecule has 0 saturated carbocycles. The van der Waals surface area contributed by atoms with Gasteiger partial charge in [-0.1, -0.05) is 101 Å². The summed E-state index contributed by atoms with van der Waals surface area (Å²) in [6.07, 6.45) is 0.948. The third-order valence-electron chi connectivity index (χ3n) is 7.85. The van der Waals surface area contributed by atoms with E-state index in [2.05, 4.69) is 21.2 Å². The number of hydrogen-bond donors (Lipinski definition) is 1. The molecule has 0 saturated heterocycles. The summed E-state index contributed by atoms with van der Waals surface area (Å²) in [5.41, 5.74) is 3.56. The fourth-order valence-electron chi connectivity index (χ4n) is 4.93. The molecule has 0 bridgehead atoms. The molecule has 4 aromatic carbocycles. The maximum Gasteiger partial charge on any atom is 0.264 e. The molecule has 10 heteroatoms. The molecule has 0 fully saturated rings. The van der Waals surface area contributed by atoms with E-state index >= 15 is 0 Å². The molecule has 46 heavy (non-hydrogen) atoms. The van der Waals surface area contributed by atoms with Crippen LogP contribution in [0.2, 0.25) is 5.02 Å². The maximum atomic E-state index is 14.6. The molecule has 0 aliphatic carbocycles. The van der Waals surface area contributed by atoms with E-state index in [0.717, 1.165) is 31.0 Å². The number of amides is 2. The molecular formula is C36H39BrClN3O4S. The van der Waals surface area contributed by atoms with Crippen molar-refractivity contribution < 1.29 is 18.0 Å². The van der Waals surface area contributed by atoms with Gasteiger partial charge in [-0.15, -0.1) is 0 Å². The van der Waals surface area contributed by atoms with E-state index < -0.39 is 28.5 Å². The lowest BCUT2D eigenvalue weighted by atomic mass is 10.0. The van der Waals surface area contributed by atoms with E-state index in [9.17, 15) is 18.0 Å². The highest BCUT2D eigenvalue weighted by Crippen LogP contribution is 2.29. The largest absolute Gasteiger partial charge is 0.352 e. The minimum atomic E-state index is -4.22. The zero-order valence-corrected chi connectivity index (χ0v) is 29.6. The van der Waals surface area contributed by atoms with Gasteiger partial charge in [0.25, 0.3) is 10.0 Å². The van der Waals surface area contributed by atoms with Gasteiger partial charge in [-0.3, -0.25) is 13.9 Å². The lowest BCUT2D eigenvalue weighted by molar-refractivity contribution is -0.140. The second-order valence-electron chi connectivity index (χ2n) is 11.4. The second-order valence-corrected chi connectivity index (χ2v) is 14.6. The Labute approximate surface area is 285 Å². The Bertz CT molecular complexity index is 1770. The van der Waals surface area contributed by atoms with E-state index in [1.54, 1.807) is 30.3 Å². The number of carbonyl (C=O) groups excluding carboxylic acids is 2. The summed E-state index contributed by atoms with van der Waals surface area (Å²) in [6.45, 7) is 7.10. The van der Waals surface area contributed by atoms with Gasteiger partial charge in [0.15, 0.2) is 0 Å². The first-order chi connectivity index (χ1) is 21.9. The van der Waals surface area contributed by atoms with Gasteiger partial charge in [0.2, 0.25) is 11.8 Å². The molecule has 242 valence electrons. The van der Waals surface area contributed by atoms with Crippen LogP contribution in [0.25, 0.3) is 0 Å². The fourth-order valence-corrected chi connectivity index (χ4v) is 6.96. The lowest BCUT2D eigenvalue weighted by Crippen LogP contribution is -2.54. The molecule has 2 atom stereocenters. The molecule has 4 aromatic rings. The third kappa shape index (κ3) is 8.99. The van der Waals surface area contributed by atoms with Crippen LogP contribution >= 0.6 is 27.5 Å². The Hall–Kier alpha value is -3.66. The van der Waals surface area contributed by atoms with Crippen molar-refractivity contribution in [3.63, 3.8) is 0 Å². The predicted molar refractivity (Wildman–Crippen MR) is 188 cm³/mol. The van der Waals surface area contributed by atoms with Crippen LogP contribution in [0, 0.1) is 13.8 Å². The SMILES string of the molecule is CCC(C)NC(=O)C(Cc1ccccc1)N(Cc1cccc(Br)c1)C(=O)CN(c1ccc(C)c(Cl)c1)S(=O)(=O)c1ccc(C)cc1. The van der Waals surface area contributed by atoms with Crippen LogP contribution in [0.3, 0.4) is 0 Å². The smallest absolute Gasteiger partial charge is 0.264 e. The molecule has 0 aromatic heterocycles. The van der Waals surface area contributed by atoms with Crippen molar-refractivity contribution in [2.75, 3.05) is 10.8 Å². The van der Waals surface area contributed by atoms with E-state index in [4.69, 9.17) is 11.6 Å². The molecule has 0 radical (unpaired) electrons. The van der Waals surface area contributed by atoms with Crippen LogP contribution in [0.4, 0.5) is 5.69 Å². The molecule has 0 spiro atoms.